The molecule has 3 rings (SSSR count). The molecule has 0 aliphatic carbocycles. The molecule has 0 aliphatic heterocycles. The van der Waals surface area contributed by atoms with Crippen LogP contribution in [0.2, 0.25) is 0 Å². The first kappa shape index (κ1) is 13.3. The molecule has 3 aromatic rings. The third-order valence-electron chi connectivity index (χ3n) is 2.81. The summed E-state index contributed by atoms with van der Waals surface area (Å²) in [4.78, 5) is 8.38. The standard InChI is InChI=1S/C12H9IN4O2S/c13-12-15-10(14)9-6-7-17(11(9)16-12)20(18,19)8-4-2-1-3-5-8/h1-7H,(H2,14,15,16). The number of hydrogen-bond acceptors (Lipinski definition) is 5. The molecular formula is C12H9IN4O2S. The highest BCUT2D eigenvalue weighted by Crippen LogP contribution is 2.24. The minimum Gasteiger partial charge on any atom is -0.383 e. The number of hydrogen-bond donors (Lipinski definition) is 1. The fourth-order valence-electron chi connectivity index (χ4n) is 1.89. The highest BCUT2D eigenvalue weighted by atomic mass is 127. The first-order chi connectivity index (χ1) is 9.50. The number of halogens is 1. The van der Waals surface area contributed by atoms with Crippen molar-refractivity contribution in [1.82, 2.24) is 13.9 Å². The van der Waals surface area contributed by atoms with Gasteiger partial charge in [-0.05, 0) is 18.2 Å². The summed E-state index contributed by atoms with van der Waals surface area (Å²) in [5.41, 5.74) is 6.07. The van der Waals surface area contributed by atoms with E-state index in [2.05, 4.69) is 9.97 Å². The van der Waals surface area contributed by atoms with Crippen molar-refractivity contribution in [3.63, 3.8) is 0 Å². The molecule has 2 aromatic heterocycles. The van der Waals surface area contributed by atoms with Crippen LogP contribution in [-0.4, -0.2) is 22.4 Å². The van der Waals surface area contributed by atoms with Crippen LogP contribution in [0.4, 0.5) is 5.82 Å². The predicted molar refractivity (Wildman–Crippen MR) is 83.7 cm³/mol. The molecule has 0 saturated carbocycles. The van der Waals surface area contributed by atoms with Crippen molar-refractivity contribution < 1.29 is 8.42 Å². The normalized spacial score (nSPS) is 11.8. The second-order valence-electron chi connectivity index (χ2n) is 4.04. The fraction of sp³-hybridized carbons (Fsp3) is 0. The molecule has 0 bridgehead atoms. The number of benzene rings is 1. The van der Waals surface area contributed by atoms with Gasteiger partial charge in [0.05, 0.1) is 10.3 Å². The number of anilines is 1. The third kappa shape index (κ3) is 2.04. The zero-order chi connectivity index (χ0) is 14.3. The van der Waals surface area contributed by atoms with Crippen molar-refractivity contribution in [3.8, 4) is 0 Å². The van der Waals surface area contributed by atoms with Gasteiger partial charge in [-0.2, -0.15) is 0 Å². The van der Waals surface area contributed by atoms with Gasteiger partial charge in [-0.15, -0.1) is 0 Å². The van der Waals surface area contributed by atoms with Gasteiger partial charge in [-0.25, -0.2) is 22.4 Å². The van der Waals surface area contributed by atoms with Crippen molar-refractivity contribution >= 4 is 49.5 Å². The van der Waals surface area contributed by atoms with Gasteiger partial charge in [-0.1, -0.05) is 18.2 Å². The Bertz CT molecular complexity index is 890. The highest BCUT2D eigenvalue weighted by Gasteiger charge is 2.20. The number of nitrogen functional groups attached to an aromatic ring is 1. The van der Waals surface area contributed by atoms with E-state index in [1.807, 2.05) is 22.6 Å². The Morgan fingerprint density at radius 2 is 1.80 bits per heavy atom. The molecule has 0 saturated heterocycles. The lowest BCUT2D eigenvalue weighted by Gasteiger charge is -2.07. The number of rotatable bonds is 2. The molecule has 1 aromatic carbocycles. The van der Waals surface area contributed by atoms with Crippen LogP contribution in [0.1, 0.15) is 0 Å². The number of fused-ring (bicyclic) bond motifs is 1. The van der Waals surface area contributed by atoms with E-state index in [-0.39, 0.29) is 16.4 Å². The molecule has 2 heterocycles. The van der Waals surface area contributed by atoms with Crippen LogP contribution in [0.15, 0.2) is 47.5 Å². The van der Waals surface area contributed by atoms with Gasteiger partial charge in [0.15, 0.2) is 9.48 Å². The molecule has 8 heteroatoms. The molecule has 0 unspecified atom stereocenters. The second kappa shape index (κ2) is 4.70. The van der Waals surface area contributed by atoms with Crippen LogP contribution in [0, 0.1) is 3.83 Å². The lowest BCUT2D eigenvalue weighted by molar-refractivity contribution is 0.588. The van der Waals surface area contributed by atoms with Gasteiger partial charge in [0, 0.05) is 28.8 Å². The molecule has 2 N–H and O–H groups in total. The first-order valence-electron chi connectivity index (χ1n) is 5.61. The highest BCUT2D eigenvalue weighted by molar-refractivity contribution is 14.1. The van der Waals surface area contributed by atoms with Crippen LogP contribution >= 0.6 is 22.6 Å². The van der Waals surface area contributed by atoms with E-state index < -0.39 is 10.0 Å². The Hall–Kier alpha value is -1.68. The van der Waals surface area contributed by atoms with Crippen LogP contribution in [-0.2, 0) is 10.0 Å². The van der Waals surface area contributed by atoms with E-state index in [0.717, 1.165) is 3.97 Å². The summed E-state index contributed by atoms with van der Waals surface area (Å²) in [5, 5.41) is 0.518. The van der Waals surface area contributed by atoms with E-state index in [9.17, 15) is 8.42 Å². The summed E-state index contributed by atoms with van der Waals surface area (Å²) in [5.74, 6) is 0.265. The van der Waals surface area contributed by atoms with E-state index in [0.29, 0.717) is 9.22 Å². The van der Waals surface area contributed by atoms with E-state index in [1.54, 1.807) is 24.3 Å². The molecule has 20 heavy (non-hydrogen) atoms. The Morgan fingerprint density at radius 3 is 2.50 bits per heavy atom. The van der Waals surface area contributed by atoms with Crippen molar-refractivity contribution in [2.75, 3.05) is 5.73 Å². The summed E-state index contributed by atoms with van der Waals surface area (Å²) in [6, 6.07) is 9.78. The van der Waals surface area contributed by atoms with Gasteiger partial charge in [0.25, 0.3) is 10.0 Å². The SMILES string of the molecule is Nc1nc(I)nc2c1ccn2S(=O)(=O)c1ccccc1. The number of nitrogens with zero attached hydrogens (tertiary/aromatic N) is 3. The topological polar surface area (TPSA) is 90.9 Å². The van der Waals surface area contributed by atoms with Crippen LogP contribution in [0.3, 0.4) is 0 Å². The molecule has 0 radical (unpaired) electrons. The summed E-state index contributed by atoms with van der Waals surface area (Å²) >= 11 is 1.90. The maximum Gasteiger partial charge on any atom is 0.269 e. The lowest BCUT2D eigenvalue weighted by Crippen LogP contribution is -2.13. The molecule has 0 spiro atoms. The minimum absolute atomic E-state index is 0.199. The Morgan fingerprint density at radius 1 is 1.10 bits per heavy atom. The molecule has 0 amide bonds. The minimum atomic E-state index is -3.69. The van der Waals surface area contributed by atoms with Gasteiger partial charge < -0.3 is 5.73 Å². The average Bonchev–Trinajstić information content (AvgIpc) is 2.84. The zero-order valence-corrected chi connectivity index (χ0v) is 13.0. The van der Waals surface area contributed by atoms with Crippen molar-refractivity contribution in [2.45, 2.75) is 4.90 Å². The molecule has 6 nitrogen and oxygen atoms in total. The van der Waals surface area contributed by atoms with Crippen molar-refractivity contribution in [2.24, 2.45) is 0 Å². The quantitative estimate of drug-likeness (QED) is 0.524. The summed E-state index contributed by atoms with van der Waals surface area (Å²) < 4.78 is 26.7. The van der Waals surface area contributed by atoms with Crippen LogP contribution in [0.25, 0.3) is 11.0 Å². The Labute approximate surface area is 128 Å². The van der Waals surface area contributed by atoms with E-state index in [4.69, 9.17) is 5.73 Å². The van der Waals surface area contributed by atoms with Gasteiger partial charge in [-0.3, -0.25) is 0 Å². The first-order valence-corrected chi connectivity index (χ1v) is 8.13. The molecule has 0 atom stereocenters. The van der Waals surface area contributed by atoms with Gasteiger partial charge in [0.2, 0.25) is 0 Å². The molecule has 102 valence electrons. The summed E-state index contributed by atoms with van der Waals surface area (Å²) in [6.45, 7) is 0. The van der Waals surface area contributed by atoms with Crippen LogP contribution in [0.5, 0.6) is 0 Å². The number of aromatic nitrogens is 3. The molecule has 0 fully saturated rings. The van der Waals surface area contributed by atoms with E-state index in [1.165, 1.54) is 18.3 Å². The smallest absolute Gasteiger partial charge is 0.269 e. The maximum atomic E-state index is 12.6. The van der Waals surface area contributed by atoms with Crippen molar-refractivity contribution in [3.05, 3.63) is 46.4 Å². The predicted octanol–water partition coefficient (Wildman–Crippen LogP) is 1.86. The molecule has 0 aliphatic rings. The Balaban J connectivity index is 2.31. The maximum absolute atomic E-state index is 12.6. The fourth-order valence-corrected chi connectivity index (χ4v) is 3.69. The van der Waals surface area contributed by atoms with Crippen LogP contribution < -0.4 is 5.73 Å². The lowest BCUT2D eigenvalue weighted by atomic mass is 10.4. The second-order valence-corrected chi connectivity index (χ2v) is 6.82. The molecular weight excluding hydrogens is 391 g/mol. The Kier molecular flexibility index (Phi) is 3.13. The summed E-state index contributed by atoms with van der Waals surface area (Å²) in [6.07, 6.45) is 1.44. The van der Waals surface area contributed by atoms with Gasteiger partial charge >= 0.3 is 0 Å². The van der Waals surface area contributed by atoms with Gasteiger partial charge in [0.1, 0.15) is 5.82 Å². The average molecular weight is 400 g/mol. The van der Waals surface area contributed by atoms with E-state index >= 15 is 0 Å². The van der Waals surface area contributed by atoms with Crippen molar-refractivity contribution in [1.29, 1.82) is 0 Å². The largest absolute Gasteiger partial charge is 0.383 e. The monoisotopic (exact) mass is 400 g/mol. The third-order valence-corrected chi connectivity index (χ3v) is 4.98. The summed E-state index contributed by atoms with van der Waals surface area (Å²) in [7, 11) is -3.69. The number of nitrogens with two attached hydrogens (primary N) is 1. The zero-order valence-electron chi connectivity index (χ0n) is 10.1.